The summed E-state index contributed by atoms with van der Waals surface area (Å²) in [6, 6.07) is 7.38. The SMILES string of the molecule is Nc1nnc(Nc2ccc(Cl)cc2)o1. The molecule has 2 rings (SSSR count). The first-order valence-electron chi connectivity index (χ1n) is 3.85. The van der Waals surface area contributed by atoms with Crippen LogP contribution < -0.4 is 11.1 Å². The molecule has 6 heteroatoms. The van der Waals surface area contributed by atoms with E-state index in [1.54, 1.807) is 24.3 Å². The van der Waals surface area contributed by atoms with Crippen LogP contribution in [0.1, 0.15) is 0 Å². The molecule has 0 radical (unpaired) electrons. The minimum atomic E-state index is 0.0291. The predicted octanol–water partition coefficient (Wildman–Crippen LogP) is 2.05. The second-order valence-corrected chi connectivity index (χ2v) is 3.01. The summed E-state index contributed by atoms with van der Waals surface area (Å²) in [6.45, 7) is 0. The monoisotopic (exact) mass is 210 g/mol. The number of nitrogens with two attached hydrogens (primary N) is 1. The van der Waals surface area contributed by atoms with Gasteiger partial charge in [-0.2, -0.15) is 0 Å². The number of nitrogen functional groups attached to an aromatic ring is 1. The van der Waals surface area contributed by atoms with Crippen LogP contribution in [0.3, 0.4) is 0 Å². The quantitative estimate of drug-likeness (QED) is 0.793. The Hall–Kier alpha value is -1.75. The number of benzene rings is 1. The van der Waals surface area contributed by atoms with E-state index in [1.807, 2.05) is 0 Å². The summed E-state index contributed by atoms with van der Waals surface area (Å²) in [4.78, 5) is 0. The Morgan fingerprint density at radius 1 is 1.21 bits per heavy atom. The molecule has 0 unspecified atom stereocenters. The third-order valence-corrected chi connectivity index (χ3v) is 1.79. The lowest BCUT2D eigenvalue weighted by molar-refractivity contribution is 0.593. The number of aromatic nitrogens is 2. The molecule has 1 heterocycles. The van der Waals surface area contributed by atoms with Gasteiger partial charge >= 0.3 is 12.0 Å². The standard InChI is InChI=1S/C8H7ClN4O/c9-5-1-3-6(4-2-5)11-8-13-12-7(10)14-8/h1-4H,(H2,10,12)(H,11,13). The number of nitrogens with one attached hydrogen (secondary N) is 1. The molecule has 14 heavy (non-hydrogen) atoms. The van der Waals surface area contributed by atoms with Gasteiger partial charge in [0.05, 0.1) is 0 Å². The van der Waals surface area contributed by atoms with E-state index in [0.717, 1.165) is 5.69 Å². The Balaban J connectivity index is 2.15. The van der Waals surface area contributed by atoms with Crippen molar-refractivity contribution in [3.63, 3.8) is 0 Å². The lowest BCUT2D eigenvalue weighted by Crippen LogP contribution is -1.89. The summed E-state index contributed by atoms with van der Waals surface area (Å²) in [5.74, 6) is 0. The van der Waals surface area contributed by atoms with Gasteiger partial charge in [-0.1, -0.05) is 21.8 Å². The van der Waals surface area contributed by atoms with Gasteiger partial charge < -0.3 is 15.5 Å². The molecular weight excluding hydrogens is 204 g/mol. The summed E-state index contributed by atoms with van der Waals surface area (Å²) < 4.78 is 4.93. The van der Waals surface area contributed by atoms with Gasteiger partial charge in [0.1, 0.15) is 0 Å². The first kappa shape index (κ1) is 8.83. The number of nitrogens with zero attached hydrogens (tertiary/aromatic N) is 2. The van der Waals surface area contributed by atoms with Crippen LogP contribution in [-0.4, -0.2) is 10.2 Å². The molecule has 0 aliphatic rings. The lowest BCUT2D eigenvalue weighted by atomic mass is 10.3. The van der Waals surface area contributed by atoms with E-state index in [-0.39, 0.29) is 12.0 Å². The lowest BCUT2D eigenvalue weighted by Gasteiger charge is -1.99. The molecule has 72 valence electrons. The molecule has 1 aromatic carbocycles. The molecule has 3 N–H and O–H groups in total. The van der Waals surface area contributed by atoms with Crippen LogP contribution in [0.5, 0.6) is 0 Å². The molecule has 0 aliphatic carbocycles. The third kappa shape index (κ3) is 1.94. The van der Waals surface area contributed by atoms with Crippen molar-refractivity contribution >= 4 is 29.3 Å². The van der Waals surface area contributed by atoms with E-state index in [2.05, 4.69) is 15.5 Å². The second kappa shape index (κ2) is 3.55. The smallest absolute Gasteiger partial charge is 0.321 e. The summed E-state index contributed by atoms with van der Waals surface area (Å²) in [5.41, 5.74) is 6.06. The zero-order valence-corrected chi connectivity index (χ0v) is 7.82. The molecule has 0 spiro atoms. The Labute approximate surface area is 84.9 Å². The fourth-order valence-corrected chi connectivity index (χ4v) is 1.07. The molecule has 0 saturated carbocycles. The van der Waals surface area contributed by atoms with Gasteiger partial charge in [0.25, 0.3) is 0 Å². The summed E-state index contributed by atoms with van der Waals surface area (Å²) in [7, 11) is 0. The van der Waals surface area contributed by atoms with Crippen molar-refractivity contribution in [1.29, 1.82) is 0 Å². The van der Waals surface area contributed by atoms with Gasteiger partial charge in [-0.15, -0.1) is 0 Å². The maximum atomic E-state index is 5.72. The predicted molar refractivity (Wildman–Crippen MR) is 53.4 cm³/mol. The van der Waals surface area contributed by atoms with E-state index in [0.29, 0.717) is 5.02 Å². The van der Waals surface area contributed by atoms with Crippen LogP contribution in [0.15, 0.2) is 28.7 Å². The van der Waals surface area contributed by atoms with E-state index in [4.69, 9.17) is 21.8 Å². The molecule has 0 saturated heterocycles. The van der Waals surface area contributed by atoms with E-state index in [1.165, 1.54) is 0 Å². The highest BCUT2D eigenvalue weighted by molar-refractivity contribution is 6.30. The second-order valence-electron chi connectivity index (χ2n) is 2.58. The topological polar surface area (TPSA) is 77.0 Å². The molecule has 0 bridgehead atoms. The number of hydrogen-bond donors (Lipinski definition) is 2. The van der Waals surface area contributed by atoms with E-state index in [9.17, 15) is 0 Å². The molecule has 5 nitrogen and oxygen atoms in total. The average molecular weight is 211 g/mol. The zero-order valence-electron chi connectivity index (χ0n) is 7.07. The first-order chi connectivity index (χ1) is 6.74. The number of anilines is 3. The van der Waals surface area contributed by atoms with Crippen molar-refractivity contribution in [3.8, 4) is 0 Å². The van der Waals surface area contributed by atoms with Crippen molar-refractivity contribution in [2.45, 2.75) is 0 Å². The normalized spacial score (nSPS) is 10.1. The Morgan fingerprint density at radius 2 is 1.93 bits per heavy atom. The highest BCUT2D eigenvalue weighted by atomic mass is 35.5. The Bertz CT molecular complexity index is 425. The van der Waals surface area contributed by atoms with Crippen LogP contribution in [0, 0.1) is 0 Å². The minimum absolute atomic E-state index is 0.0291. The Kier molecular flexibility index (Phi) is 2.24. The van der Waals surface area contributed by atoms with Crippen LogP contribution in [0.2, 0.25) is 5.02 Å². The molecule has 0 amide bonds. The number of halogens is 1. The molecule has 0 aliphatic heterocycles. The fourth-order valence-electron chi connectivity index (χ4n) is 0.942. The largest absolute Gasteiger partial charge is 0.389 e. The van der Waals surface area contributed by atoms with Crippen LogP contribution >= 0.6 is 11.6 Å². The van der Waals surface area contributed by atoms with Crippen molar-refractivity contribution in [2.75, 3.05) is 11.1 Å². The zero-order chi connectivity index (χ0) is 9.97. The fraction of sp³-hybridized carbons (Fsp3) is 0. The molecular formula is C8H7ClN4O. The highest BCUT2D eigenvalue weighted by Gasteiger charge is 2.01. The van der Waals surface area contributed by atoms with Crippen molar-refractivity contribution in [2.24, 2.45) is 0 Å². The van der Waals surface area contributed by atoms with Crippen LogP contribution in [-0.2, 0) is 0 Å². The maximum Gasteiger partial charge on any atom is 0.321 e. The summed E-state index contributed by atoms with van der Waals surface area (Å²) >= 11 is 5.72. The molecule has 0 fully saturated rings. The number of rotatable bonds is 2. The first-order valence-corrected chi connectivity index (χ1v) is 4.23. The third-order valence-electron chi connectivity index (χ3n) is 1.54. The summed E-state index contributed by atoms with van der Waals surface area (Å²) in [5, 5.41) is 10.7. The molecule has 1 aromatic heterocycles. The van der Waals surface area contributed by atoms with Crippen molar-refractivity contribution in [3.05, 3.63) is 29.3 Å². The maximum absolute atomic E-state index is 5.72. The van der Waals surface area contributed by atoms with Crippen molar-refractivity contribution < 1.29 is 4.42 Å². The highest BCUT2D eigenvalue weighted by Crippen LogP contribution is 2.18. The average Bonchev–Trinajstić information content (AvgIpc) is 2.56. The van der Waals surface area contributed by atoms with Crippen LogP contribution in [0.25, 0.3) is 0 Å². The minimum Gasteiger partial charge on any atom is -0.389 e. The van der Waals surface area contributed by atoms with E-state index >= 15 is 0 Å². The molecule has 2 aromatic rings. The summed E-state index contributed by atoms with van der Waals surface area (Å²) in [6.07, 6.45) is 0. The van der Waals surface area contributed by atoms with Gasteiger partial charge in [-0.05, 0) is 24.3 Å². The van der Waals surface area contributed by atoms with Gasteiger partial charge in [0.15, 0.2) is 0 Å². The van der Waals surface area contributed by atoms with Gasteiger partial charge in [-0.3, -0.25) is 0 Å². The molecule has 0 atom stereocenters. The number of hydrogen-bond acceptors (Lipinski definition) is 5. The van der Waals surface area contributed by atoms with Crippen molar-refractivity contribution in [1.82, 2.24) is 10.2 Å². The van der Waals surface area contributed by atoms with Gasteiger partial charge in [-0.25, -0.2) is 0 Å². The Morgan fingerprint density at radius 3 is 2.50 bits per heavy atom. The van der Waals surface area contributed by atoms with Crippen LogP contribution in [0.4, 0.5) is 17.7 Å². The van der Waals surface area contributed by atoms with Gasteiger partial charge in [0, 0.05) is 10.7 Å². The van der Waals surface area contributed by atoms with Gasteiger partial charge in [0.2, 0.25) is 0 Å². The van der Waals surface area contributed by atoms with E-state index < -0.39 is 0 Å².